The van der Waals surface area contributed by atoms with Gasteiger partial charge < -0.3 is 0 Å². The molecule has 0 bridgehead atoms. The molecule has 0 aliphatic heterocycles. The Morgan fingerprint density at radius 2 is 1.41 bits per heavy atom. The van der Waals surface area contributed by atoms with Crippen LogP contribution in [0.15, 0.2) is 97.2 Å². The third-order valence-corrected chi connectivity index (χ3v) is 5.01. The summed E-state index contributed by atoms with van der Waals surface area (Å²) < 4.78 is 1.68. The number of aromatic nitrogens is 2. The number of fused-ring (bicyclic) bond motifs is 2. The number of carbonyl (C=O) groups is 2. The van der Waals surface area contributed by atoms with E-state index in [0.29, 0.717) is 16.9 Å². The standard InChI is InChI=1S/C25H16N2O2/c28-24(20-14-13-17-8-4-5-11-19(17)16-20)25(29)23-22(18-9-2-1-3-10-18)26-21-12-6-7-15-27(21)23/h1-16H. The van der Waals surface area contributed by atoms with Gasteiger partial charge in [-0.3, -0.25) is 14.0 Å². The van der Waals surface area contributed by atoms with Gasteiger partial charge in [0.2, 0.25) is 5.78 Å². The van der Waals surface area contributed by atoms with E-state index < -0.39 is 11.6 Å². The molecule has 0 N–H and O–H groups in total. The van der Waals surface area contributed by atoms with E-state index in [-0.39, 0.29) is 5.69 Å². The largest absolute Gasteiger partial charge is 0.296 e. The van der Waals surface area contributed by atoms with Gasteiger partial charge >= 0.3 is 0 Å². The smallest absolute Gasteiger partial charge is 0.252 e. The number of nitrogens with zero attached hydrogens (tertiary/aromatic N) is 2. The molecule has 4 nitrogen and oxygen atoms in total. The molecule has 2 heterocycles. The monoisotopic (exact) mass is 376 g/mol. The third-order valence-electron chi connectivity index (χ3n) is 5.01. The number of benzene rings is 3. The van der Waals surface area contributed by atoms with Crippen LogP contribution in [0.25, 0.3) is 27.7 Å². The first-order chi connectivity index (χ1) is 14.2. The molecule has 5 aromatic rings. The van der Waals surface area contributed by atoms with Gasteiger partial charge in [-0.15, -0.1) is 0 Å². The molecule has 2 aromatic heterocycles. The van der Waals surface area contributed by atoms with Crippen molar-refractivity contribution in [3.8, 4) is 11.3 Å². The molecule has 4 heteroatoms. The second-order valence-electron chi connectivity index (χ2n) is 6.82. The molecule has 29 heavy (non-hydrogen) atoms. The Morgan fingerprint density at radius 1 is 0.690 bits per heavy atom. The van der Waals surface area contributed by atoms with E-state index in [1.165, 1.54) is 0 Å². The van der Waals surface area contributed by atoms with Gasteiger partial charge in [-0.05, 0) is 29.0 Å². The molecule has 0 saturated heterocycles. The molecule has 0 spiro atoms. The fourth-order valence-corrected chi connectivity index (χ4v) is 3.58. The second-order valence-corrected chi connectivity index (χ2v) is 6.82. The van der Waals surface area contributed by atoms with E-state index in [4.69, 9.17) is 0 Å². The van der Waals surface area contributed by atoms with Crippen LogP contribution in [0.5, 0.6) is 0 Å². The minimum Gasteiger partial charge on any atom is -0.296 e. The summed E-state index contributed by atoms with van der Waals surface area (Å²) in [6.07, 6.45) is 1.76. The maximum atomic E-state index is 13.3. The molecular formula is C25H16N2O2. The van der Waals surface area contributed by atoms with Crippen molar-refractivity contribution in [3.05, 3.63) is 108 Å². The number of imidazole rings is 1. The van der Waals surface area contributed by atoms with E-state index in [1.54, 1.807) is 22.7 Å². The van der Waals surface area contributed by atoms with Crippen LogP contribution in [-0.2, 0) is 0 Å². The molecule has 138 valence electrons. The molecule has 0 atom stereocenters. The van der Waals surface area contributed by atoms with Crippen LogP contribution in [0, 0.1) is 0 Å². The Labute approximate surface area is 167 Å². The van der Waals surface area contributed by atoms with E-state index in [9.17, 15) is 9.59 Å². The van der Waals surface area contributed by atoms with E-state index in [2.05, 4.69) is 4.98 Å². The van der Waals surface area contributed by atoms with Crippen molar-refractivity contribution < 1.29 is 9.59 Å². The number of rotatable bonds is 4. The predicted molar refractivity (Wildman–Crippen MR) is 113 cm³/mol. The van der Waals surface area contributed by atoms with Crippen molar-refractivity contribution in [2.75, 3.05) is 0 Å². The fourth-order valence-electron chi connectivity index (χ4n) is 3.58. The van der Waals surface area contributed by atoms with Gasteiger partial charge in [-0.2, -0.15) is 0 Å². The summed E-state index contributed by atoms with van der Waals surface area (Å²) in [5, 5.41) is 1.95. The first-order valence-corrected chi connectivity index (χ1v) is 9.33. The van der Waals surface area contributed by atoms with Crippen molar-refractivity contribution in [2.45, 2.75) is 0 Å². The molecule has 5 rings (SSSR count). The number of carbonyl (C=O) groups excluding carboxylic acids is 2. The van der Waals surface area contributed by atoms with Crippen LogP contribution >= 0.6 is 0 Å². The van der Waals surface area contributed by atoms with Crippen molar-refractivity contribution in [1.82, 2.24) is 9.38 Å². The number of ketones is 2. The SMILES string of the molecule is O=C(C(=O)c1c(-c2ccccc2)nc2ccccn12)c1ccc2ccccc2c1. The van der Waals surface area contributed by atoms with Gasteiger partial charge in [0.25, 0.3) is 5.78 Å². The minimum atomic E-state index is -0.571. The lowest BCUT2D eigenvalue weighted by molar-refractivity contribution is 0.0814. The lowest BCUT2D eigenvalue weighted by atomic mass is 9.99. The molecule has 3 aromatic carbocycles. The van der Waals surface area contributed by atoms with Gasteiger partial charge in [0.05, 0.1) is 0 Å². The van der Waals surface area contributed by atoms with Crippen LogP contribution in [0.3, 0.4) is 0 Å². The average Bonchev–Trinajstić information content (AvgIpc) is 3.18. The van der Waals surface area contributed by atoms with Gasteiger partial charge in [-0.1, -0.05) is 72.8 Å². The van der Waals surface area contributed by atoms with Gasteiger partial charge in [0.1, 0.15) is 17.0 Å². The lowest BCUT2D eigenvalue weighted by Gasteiger charge is -2.06. The van der Waals surface area contributed by atoms with Crippen molar-refractivity contribution in [3.63, 3.8) is 0 Å². The zero-order valence-electron chi connectivity index (χ0n) is 15.4. The first kappa shape index (κ1) is 17.1. The highest BCUT2D eigenvalue weighted by molar-refractivity contribution is 6.50. The normalized spacial score (nSPS) is 11.0. The fraction of sp³-hybridized carbons (Fsp3) is 0. The average molecular weight is 376 g/mol. The Balaban J connectivity index is 1.66. The summed E-state index contributed by atoms with van der Waals surface area (Å²) in [5.74, 6) is -1.11. The van der Waals surface area contributed by atoms with Crippen LogP contribution in [0.1, 0.15) is 20.8 Å². The number of Topliss-reactive ketones (excluding diaryl/α,β-unsaturated/α-hetero) is 2. The zero-order valence-corrected chi connectivity index (χ0v) is 15.4. The van der Waals surface area contributed by atoms with Crippen molar-refractivity contribution >= 4 is 28.0 Å². The second kappa shape index (κ2) is 6.84. The summed E-state index contributed by atoms with van der Waals surface area (Å²) >= 11 is 0. The topological polar surface area (TPSA) is 51.4 Å². The maximum absolute atomic E-state index is 13.3. The highest BCUT2D eigenvalue weighted by Gasteiger charge is 2.26. The highest BCUT2D eigenvalue weighted by atomic mass is 16.2. The predicted octanol–water partition coefficient (Wildman–Crippen LogP) is 5.22. The molecule has 0 aliphatic rings. The highest BCUT2D eigenvalue weighted by Crippen LogP contribution is 2.26. The van der Waals surface area contributed by atoms with E-state index in [0.717, 1.165) is 16.3 Å². The number of hydrogen-bond donors (Lipinski definition) is 0. The van der Waals surface area contributed by atoms with E-state index in [1.807, 2.05) is 78.9 Å². The Hall–Kier alpha value is -4.05. The zero-order chi connectivity index (χ0) is 19.8. The first-order valence-electron chi connectivity index (χ1n) is 9.33. The molecule has 0 aliphatic carbocycles. The summed E-state index contributed by atoms with van der Waals surface area (Å²) in [6.45, 7) is 0. The van der Waals surface area contributed by atoms with Crippen LogP contribution < -0.4 is 0 Å². The lowest BCUT2D eigenvalue weighted by Crippen LogP contribution is -2.17. The summed E-state index contributed by atoms with van der Waals surface area (Å²) in [4.78, 5) is 31.1. The molecule has 0 saturated carbocycles. The number of pyridine rings is 1. The van der Waals surface area contributed by atoms with Crippen LogP contribution in [0.4, 0.5) is 0 Å². The Morgan fingerprint density at radius 3 is 2.24 bits per heavy atom. The van der Waals surface area contributed by atoms with Gasteiger partial charge in [0, 0.05) is 17.3 Å². The Bertz CT molecular complexity index is 1380. The summed E-state index contributed by atoms with van der Waals surface area (Å²) in [5.41, 5.74) is 2.59. The maximum Gasteiger partial charge on any atom is 0.252 e. The number of hydrogen-bond acceptors (Lipinski definition) is 3. The molecule has 0 fully saturated rings. The van der Waals surface area contributed by atoms with Crippen molar-refractivity contribution in [1.29, 1.82) is 0 Å². The van der Waals surface area contributed by atoms with Gasteiger partial charge in [0.15, 0.2) is 0 Å². The summed E-state index contributed by atoms with van der Waals surface area (Å²) in [7, 11) is 0. The van der Waals surface area contributed by atoms with Crippen molar-refractivity contribution in [2.24, 2.45) is 0 Å². The summed E-state index contributed by atoms with van der Waals surface area (Å²) in [6, 6.07) is 28.1. The molecular weight excluding hydrogens is 360 g/mol. The van der Waals surface area contributed by atoms with E-state index >= 15 is 0 Å². The van der Waals surface area contributed by atoms with Crippen LogP contribution in [-0.4, -0.2) is 21.0 Å². The molecule has 0 radical (unpaired) electrons. The third kappa shape index (κ3) is 2.91. The quantitative estimate of drug-likeness (QED) is 0.319. The molecule has 0 amide bonds. The van der Waals surface area contributed by atoms with Gasteiger partial charge in [-0.25, -0.2) is 4.98 Å². The molecule has 0 unspecified atom stereocenters. The Kier molecular flexibility index (Phi) is 4.03. The van der Waals surface area contributed by atoms with Crippen LogP contribution in [0.2, 0.25) is 0 Å². The minimum absolute atomic E-state index is 0.282.